The van der Waals surface area contributed by atoms with E-state index in [9.17, 15) is 14.4 Å². The third-order valence-electron chi connectivity index (χ3n) is 2.86. The number of carbonyl (C=O) groups is 3. The van der Waals surface area contributed by atoms with E-state index in [-0.39, 0.29) is 24.7 Å². The number of anilines is 1. The monoisotopic (exact) mass is 267 g/mol. The first-order valence-corrected chi connectivity index (χ1v) is 6.30. The Bertz CT molecular complexity index is 538. The summed E-state index contributed by atoms with van der Waals surface area (Å²) >= 11 is 1.17. The van der Waals surface area contributed by atoms with Crippen molar-refractivity contribution in [1.82, 2.24) is 4.98 Å². The summed E-state index contributed by atoms with van der Waals surface area (Å²) in [5.74, 6) is -1.20. The van der Waals surface area contributed by atoms with Crippen LogP contribution in [0.2, 0.25) is 0 Å². The lowest BCUT2D eigenvalue weighted by Crippen LogP contribution is -2.28. The first-order chi connectivity index (χ1) is 8.40. The Morgan fingerprint density at radius 2 is 2.17 bits per heavy atom. The molecule has 2 N–H and O–H groups in total. The SMILES string of the molecule is CC(=O)c1sc(N2CC(C(N)=O)CC2=O)nc1C. The molecule has 2 heterocycles. The number of aryl methyl sites for hydroxylation is 1. The van der Waals surface area contributed by atoms with Crippen molar-refractivity contribution in [2.24, 2.45) is 11.7 Å². The van der Waals surface area contributed by atoms with E-state index in [1.165, 1.54) is 23.2 Å². The standard InChI is InChI=1S/C11H13N3O3S/c1-5-9(6(2)15)18-11(13-5)14-4-7(10(12)17)3-8(14)16/h7H,3-4H2,1-2H3,(H2,12,17). The molecule has 0 bridgehead atoms. The lowest BCUT2D eigenvalue weighted by molar-refractivity contribution is -0.123. The summed E-state index contributed by atoms with van der Waals surface area (Å²) in [5, 5.41) is 0.464. The van der Waals surface area contributed by atoms with Crippen LogP contribution < -0.4 is 10.6 Å². The van der Waals surface area contributed by atoms with Crippen LogP contribution in [0.15, 0.2) is 0 Å². The quantitative estimate of drug-likeness (QED) is 0.807. The van der Waals surface area contributed by atoms with Crippen molar-refractivity contribution in [1.29, 1.82) is 0 Å². The number of hydrogen-bond donors (Lipinski definition) is 1. The summed E-state index contributed by atoms with van der Waals surface area (Å²) in [6.07, 6.45) is 0.114. The highest BCUT2D eigenvalue weighted by molar-refractivity contribution is 7.17. The van der Waals surface area contributed by atoms with E-state index in [1.807, 2.05) is 0 Å². The fraction of sp³-hybridized carbons (Fsp3) is 0.455. The van der Waals surface area contributed by atoms with Crippen molar-refractivity contribution < 1.29 is 14.4 Å². The Hall–Kier alpha value is -1.76. The largest absolute Gasteiger partial charge is 0.369 e. The van der Waals surface area contributed by atoms with Crippen molar-refractivity contribution in [3.8, 4) is 0 Å². The van der Waals surface area contributed by atoms with Crippen LogP contribution in [0.4, 0.5) is 5.13 Å². The minimum atomic E-state index is -0.481. The molecule has 1 saturated heterocycles. The number of thiazole rings is 1. The fourth-order valence-corrected chi connectivity index (χ4v) is 2.90. The third-order valence-corrected chi connectivity index (χ3v) is 4.14. The lowest BCUT2D eigenvalue weighted by atomic mass is 10.1. The van der Waals surface area contributed by atoms with Crippen molar-refractivity contribution in [2.75, 3.05) is 11.4 Å². The van der Waals surface area contributed by atoms with Crippen LogP contribution in [0, 0.1) is 12.8 Å². The molecule has 0 aromatic carbocycles. The molecule has 6 nitrogen and oxygen atoms in total. The second kappa shape index (κ2) is 4.49. The first kappa shape index (κ1) is 12.7. The van der Waals surface area contributed by atoms with Gasteiger partial charge in [0.25, 0.3) is 0 Å². The molecule has 2 amide bonds. The summed E-state index contributed by atoms with van der Waals surface area (Å²) in [6.45, 7) is 3.43. The number of Topliss-reactive ketones (excluding diaryl/α,β-unsaturated/α-hetero) is 1. The van der Waals surface area contributed by atoms with Crippen LogP contribution in [0.3, 0.4) is 0 Å². The van der Waals surface area contributed by atoms with E-state index in [0.29, 0.717) is 15.7 Å². The molecular weight excluding hydrogens is 254 g/mol. The van der Waals surface area contributed by atoms with Gasteiger partial charge >= 0.3 is 0 Å². The van der Waals surface area contributed by atoms with Gasteiger partial charge in [-0.15, -0.1) is 0 Å². The van der Waals surface area contributed by atoms with Crippen molar-refractivity contribution in [3.63, 3.8) is 0 Å². The van der Waals surface area contributed by atoms with Crippen LogP contribution in [0.5, 0.6) is 0 Å². The van der Waals surface area contributed by atoms with Gasteiger partial charge in [-0.2, -0.15) is 0 Å². The van der Waals surface area contributed by atoms with Crippen LogP contribution >= 0.6 is 11.3 Å². The van der Waals surface area contributed by atoms with Crippen LogP contribution in [-0.2, 0) is 9.59 Å². The smallest absolute Gasteiger partial charge is 0.229 e. The Morgan fingerprint density at radius 3 is 2.61 bits per heavy atom. The molecule has 1 aromatic rings. The average molecular weight is 267 g/mol. The fourth-order valence-electron chi connectivity index (χ4n) is 1.91. The minimum Gasteiger partial charge on any atom is -0.369 e. The van der Waals surface area contributed by atoms with Crippen molar-refractivity contribution >= 4 is 34.1 Å². The molecule has 96 valence electrons. The summed E-state index contributed by atoms with van der Waals surface area (Å²) in [5.41, 5.74) is 5.80. The molecule has 1 atom stereocenters. The third kappa shape index (κ3) is 2.13. The molecule has 0 radical (unpaired) electrons. The van der Waals surface area contributed by atoms with Gasteiger partial charge in [-0.05, 0) is 6.92 Å². The Kier molecular flexibility index (Phi) is 3.16. The number of hydrogen-bond acceptors (Lipinski definition) is 5. The Labute approximate surface area is 108 Å². The highest BCUT2D eigenvalue weighted by Gasteiger charge is 2.35. The molecule has 0 spiro atoms. The summed E-state index contributed by atoms with van der Waals surface area (Å²) in [4.78, 5) is 40.4. The topological polar surface area (TPSA) is 93.4 Å². The zero-order valence-corrected chi connectivity index (χ0v) is 10.9. The van der Waals surface area contributed by atoms with E-state index in [1.54, 1.807) is 6.92 Å². The van der Waals surface area contributed by atoms with E-state index in [4.69, 9.17) is 5.73 Å². The molecular formula is C11H13N3O3S. The highest BCUT2D eigenvalue weighted by Crippen LogP contribution is 2.31. The zero-order valence-electron chi connectivity index (χ0n) is 10.1. The maximum absolute atomic E-state index is 11.8. The van der Waals surface area contributed by atoms with Gasteiger partial charge in [-0.1, -0.05) is 11.3 Å². The predicted molar refractivity (Wildman–Crippen MR) is 66.5 cm³/mol. The molecule has 1 aliphatic rings. The second-order valence-corrected chi connectivity index (χ2v) is 5.25. The molecule has 18 heavy (non-hydrogen) atoms. The molecule has 0 saturated carbocycles. The molecule has 2 rings (SSSR count). The number of ketones is 1. The maximum Gasteiger partial charge on any atom is 0.229 e. The molecule has 1 unspecified atom stereocenters. The second-order valence-electron chi connectivity index (χ2n) is 4.27. The van der Waals surface area contributed by atoms with Crippen molar-refractivity contribution in [3.05, 3.63) is 10.6 Å². The van der Waals surface area contributed by atoms with Crippen LogP contribution in [0.1, 0.15) is 28.7 Å². The van der Waals surface area contributed by atoms with Gasteiger partial charge in [0.2, 0.25) is 11.8 Å². The average Bonchev–Trinajstić information content (AvgIpc) is 2.81. The summed E-state index contributed by atoms with van der Waals surface area (Å²) < 4.78 is 0. The van der Waals surface area contributed by atoms with Gasteiger partial charge in [-0.25, -0.2) is 4.98 Å². The predicted octanol–water partition coefficient (Wildman–Crippen LogP) is 0.492. The minimum absolute atomic E-state index is 0.0747. The zero-order chi connectivity index (χ0) is 13.4. The number of primary amides is 1. The van der Waals surface area contributed by atoms with Crippen LogP contribution in [0.25, 0.3) is 0 Å². The van der Waals surface area contributed by atoms with Crippen LogP contribution in [-0.4, -0.2) is 29.1 Å². The van der Waals surface area contributed by atoms with Gasteiger partial charge in [0.05, 0.1) is 16.5 Å². The van der Waals surface area contributed by atoms with Gasteiger partial charge in [0.15, 0.2) is 10.9 Å². The number of nitrogens with two attached hydrogens (primary N) is 1. The maximum atomic E-state index is 11.8. The first-order valence-electron chi connectivity index (χ1n) is 5.48. The number of nitrogens with zero attached hydrogens (tertiary/aromatic N) is 2. The summed E-state index contributed by atoms with van der Waals surface area (Å²) in [6, 6.07) is 0. The molecule has 1 fully saturated rings. The molecule has 0 aliphatic carbocycles. The summed E-state index contributed by atoms with van der Waals surface area (Å²) in [7, 11) is 0. The van der Waals surface area contributed by atoms with E-state index >= 15 is 0 Å². The lowest BCUT2D eigenvalue weighted by Gasteiger charge is -2.11. The van der Waals surface area contributed by atoms with E-state index in [0.717, 1.165) is 0 Å². The Balaban J connectivity index is 2.27. The number of carbonyl (C=O) groups excluding carboxylic acids is 3. The number of aromatic nitrogens is 1. The molecule has 1 aromatic heterocycles. The van der Waals surface area contributed by atoms with Crippen molar-refractivity contribution in [2.45, 2.75) is 20.3 Å². The van der Waals surface area contributed by atoms with E-state index < -0.39 is 11.8 Å². The number of amides is 2. The Morgan fingerprint density at radius 1 is 1.50 bits per heavy atom. The highest BCUT2D eigenvalue weighted by atomic mass is 32.1. The molecule has 7 heteroatoms. The normalized spacial score (nSPS) is 19.3. The number of rotatable bonds is 3. The van der Waals surface area contributed by atoms with E-state index in [2.05, 4.69) is 4.98 Å². The molecule has 1 aliphatic heterocycles. The van der Waals surface area contributed by atoms with Gasteiger partial charge in [-0.3, -0.25) is 19.3 Å². The van der Waals surface area contributed by atoms with Gasteiger partial charge in [0.1, 0.15) is 0 Å². The van der Waals surface area contributed by atoms with Gasteiger partial charge in [0, 0.05) is 19.9 Å². The van der Waals surface area contributed by atoms with Gasteiger partial charge < -0.3 is 5.73 Å².